The quantitative estimate of drug-likeness (QED) is 0.492. The molecule has 2 nitrogen and oxygen atoms in total. The van der Waals surface area contributed by atoms with Crippen molar-refractivity contribution in [1.82, 2.24) is 4.37 Å². The predicted molar refractivity (Wildman–Crippen MR) is 89.2 cm³/mol. The maximum Gasteiger partial charge on any atom is 0.159 e. The molecule has 0 aliphatic heterocycles. The van der Waals surface area contributed by atoms with E-state index in [1.54, 1.807) is 17.5 Å². The fourth-order valence-electron chi connectivity index (χ4n) is 2.69. The molecular weight excluding hydrogens is 321 g/mol. The molecule has 0 aliphatic rings. The number of aromatic hydroxyl groups is 1. The van der Waals surface area contributed by atoms with Gasteiger partial charge in [0.1, 0.15) is 11.3 Å². The average Bonchev–Trinajstić information content (AvgIpc) is 2.95. The molecule has 108 valence electrons. The molecule has 0 atom stereocenters. The second-order valence-corrected chi connectivity index (χ2v) is 6.05. The van der Waals surface area contributed by atoms with E-state index in [-0.39, 0.29) is 11.3 Å². The third-order valence-electron chi connectivity index (χ3n) is 3.66. The molecule has 0 bridgehead atoms. The van der Waals surface area contributed by atoms with Crippen molar-refractivity contribution in [2.45, 2.75) is 0 Å². The van der Waals surface area contributed by atoms with Crippen LogP contribution in [0.4, 0.5) is 4.39 Å². The van der Waals surface area contributed by atoms with Gasteiger partial charge < -0.3 is 5.11 Å². The van der Waals surface area contributed by atoms with E-state index in [1.165, 1.54) is 17.6 Å². The van der Waals surface area contributed by atoms with Gasteiger partial charge in [0, 0.05) is 16.3 Å². The summed E-state index contributed by atoms with van der Waals surface area (Å²) in [4.78, 5) is 0. The maximum atomic E-state index is 14.9. The van der Waals surface area contributed by atoms with Crippen LogP contribution in [0, 0.1) is 5.82 Å². The van der Waals surface area contributed by atoms with Crippen LogP contribution in [-0.2, 0) is 0 Å². The standard InChI is InChI=1S/C17H9ClFNOS/c18-14-6-10-8-22-20-17(10)16(19)15(14)13-7-11(21)5-9-3-1-2-4-12(9)13/h1-8,21H. The number of aromatic nitrogens is 1. The third kappa shape index (κ3) is 1.95. The molecule has 0 saturated carbocycles. The average molecular weight is 330 g/mol. The van der Waals surface area contributed by atoms with E-state index in [4.69, 9.17) is 11.6 Å². The molecule has 1 N–H and O–H groups in total. The molecule has 0 aliphatic carbocycles. The van der Waals surface area contributed by atoms with E-state index in [0.29, 0.717) is 21.5 Å². The summed E-state index contributed by atoms with van der Waals surface area (Å²) in [6.07, 6.45) is 0. The van der Waals surface area contributed by atoms with Crippen molar-refractivity contribution in [2.24, 2.45) is 0 Å². The summed E-state index contributed by atoms with van der Waals surface area (Å²) in [6.45, 7) is 0. The molecule has 1 aromatic heterocycles. The molecule has 0 saturated heterocycles. The first kappa shape index (κ1) is 13.5. The zero-order valence-corrected chi connectivity index (χ0v) is 12.7. The van der Waals surface area contributed by atoms with Gasteiger partial charge in [-0.1, -0.05) is 35.9 Å². The van der Waals surface area contributed by atoms with Gasteiger partial charge in [-0.25, -0.2) is 4.39 Å². The largest absolute Gasteiger partial charge is 0.508 e. The normalized spacial score (nSPS) is 11.4. The Morgan fingerprint density at radius 3 is 2.77 bits per heavy atom. The molecule has 4 aromatic rings. The van der Waals surface area contributed by atoms with Crippen LogP contribution in [0.3, 0.4) is 0 Å². The van der Waals surface area contributed by atoms with Gasteiger partial charge in [0.15, 0.2) is 5.82 Å². The van der Waals surface area contributed by atoms with Crippen LogP contribution in [0.5, 0.6) is 5.75 Å². The SMILES string of the molecule is Oc1cc(-c2c(Cl)cc3csnc3c2F)c2ccccc2c1. The van der Waals surface area contributed by atoms with E-state index < -0.39 is 5.82 Å². The lowest BCUT2D eigenvalue weighted by molar-refractivity contribution is 0.476. The summed E-state index contributed by atoms with van der Waals surface area (Å²) in [7, 11) is 0. The van der Waals surface area contributed by atoms with Gasteiger partial charge >= 0.3 is 0 Å². The van der Waals surface area contributed by atoms with Crippen LogP contribution in [-0.4, -0.2) is 9.48 Å². The van der Waals surface area contributed by atoms with Gasteiger partial charge in [-0.15, -0.1) is 0 Å². The van der Waals surface area contributed by atoms with Gasteiger partial charge in [-0.3, -0.25) is 0 Å². The van der Waals surface area contributed by atoms with Gasteiger partial charge in [0.2, 0.25) is 0 Å². The van der Waals surface area contributed by atoms with Crippen LogP contribution >= 0.6 is 23.1 Å². The van der Waals surface area contributed by atoms with E-state index in [0.717, 1.165) is 10.8 Å². The fourth-order valence-corrected chi connectivity index (χ4v) is 3.63. The van der Waals surface area contributed by atoms with Gasteiger partial charge in [0.05, 0.1) is 5.02 Å². The van der Waals surface area contributed by atoms with Crippen molar-refractivity contribution in [3.8, 4) is 16.9 Å². The minimum absolute atomic E-state index is 0.0718. The Bertz CT molecular complexity index is 1030. The monoisotopic (exact) mass is 329 g/mol. The first-order chi connectivity index (χ1) is 10.6. The Labute approximate surface area is 134 Å². The van der Waals surface area contributed by atoms with Crippen molar-refractivity contribution < 1.29 is 9.50 Å². The number of rotatable bonds is 1. The number of fused-ring (bicyclic) bond motifs is 2. The number of phenolic OH excluding ortho intramolecular Hbond substituents is 1. The topological polar surface area (TPSA) is 33.1 Å². The Morgan fingerprint density at radius 1 is 1.09 bits per heavy atom. The molecule has 1 heterocycles. The number of benzene rings is 3. The maximum absolute atomic E-state index is 14.9. The van der Waals surface area contributed by atoms with Crippen molar-refractivity contribution in [2.75, 3.05) is 0 Å². The molecule has 0 spiro atoms. The summed E-state index contributed by atoms with van der Waals surface area (Å²) in [5, 5.41) is 14.3. The molecule has 0 unspecified atom stereocenters. The molecule has 3 aromatic carbocycles. The van der Waals surface area contributed by atoms with Crippen LogP contribution in [0.2, 0.25) is 5.02 Å². The van der Waals surface area contributed by atoms with Gasteiger partial charge in [-0.2, -0.15) is 4.37 Å². The highest BCUT2D eigenvalue weighted by molar-refractivity contribution is 7.04. The smallest absolute Gasteiger partial charge is 0.159 e. The van der Waals surface area contributed by atoms with Crippen molar-refractivity contribution >= 4 is 44.8 Å². The van der Waals surface area contributed by atoms with Crippen LogP contribution in [0.15, 0.2) is 47.8 Å². The molecule has 0 radical (unpaired) electrons. The number of hydrogen-bond acceptors (Lipinski definition) is 3. The molecule has 0 amide bonds. The predicted octanol–water partition coefficient (Wildman–Crippen LogP) is 5.61. The second-order valence-electron chi connectivity index (χ2n) is 5.01. The Hall–Kier alpha value is -2.17. The fraction of sp³-hybridized carbons (Fsp3) is 0. The summed E-state index contributed by atoms with van der Waals surface area (Å²) in [6, 6.07) is 12.4. The summed E-state index contributed by atoms with van der Waals surface area (Å²) >= 11 is 7.50. The molecule has 0 fully saturated rings. The number of halogens is 2. The zero-order valence-electron chi connectivity index (χ0n) is 11.2. The lowest BCUT2D eigenvalue weighted by Gasteiger charge is -2.11. The van der Waals surface area contributed by atoms with E-state index in [2.05, 4.69) is 4.37 Å². The van der Waals surface area contributed by atoms with E-state index in [1.807, 2.05) is 24.3 Å². The summed E-state index contributed by atoms with van der Waals surface area (Å²) < 4.78 is 19.0. The first-order valence-corrected chi connectivity index (χ1v) is 7.81. The molecule has 4 rings (SSSR count). The number of nitrogens with zero attached hydrogens (tertiary/aromatic N) is 1. The second kappa shape index (κ2) is 4.93. The van der Waals surface area contributed by atoms with Crippen molar-refractivity contribution in [3.05, 3.63) is 58.7 Å². The zero-order chi connectivity index (χ0) is 15.3. The third-order valence-corrected chi connectivity index (χ3v) is 4.61. The lowest BCUT2D eigenvalue weighted by atomic mass is 9.96. The van der Waals surface area contributed by atoms with Crippen LogP contribution in [0.25, 0.3) is 32.8 Å². The minimum Gasteiger partial charge on any atom is -0.508 e. The Morgan fingerprint density at radius 2 is 1.91 bits per heavy atom. The molecular formula is C17H9ClFNOS. The summed E-state index contributed by atoms with van der Waals surface area (Å²) in [5.74, 6) is -0.387. The minimum atomic E-state index is -0.459. The Balaban J connectivity index is 2.15. The molecule has 5 heteroatoms. The number of hydrogen-bond donors (Lipinski definition) is 1. The van der Waals surface area contributed by atoms with Crippen LogP contribution in [0.1, 0.15) is 0 Å². The van der Waals surface area contributed by atoms with E-state index in [9.17, 15) is 9.50 Å². The molecule has 22 heavy (non-hydrogen) atoms. The highest BCUT2D eigenvalue weighted by Gasteiger charge is 2.18. The van der Waals surface area contributed by atoms with E-state index >= 15 is 0 Å². The number of phenols is 1. The first-order valence-electron chi connectivity index (χ1n) is 6.59. The van der Waals surface area contributed by atoms with Crippen molar-refractivity contribution in [3.63, 3.8) is 0 Å². The lowest BCUT2D eigenvalue weighted by Crippen LogP contribution is -1.90. The Kier molecular flexibility index (Phi) is 3.03. The van der Waals surface area contributed by atoms with Crippen LogP contribution < -0.4 is 0 Å². The highest BCUT2D eigenvalue weighted by atomic mass is 35.5. The van der Waals surface area contributed by atoms with Gasteiger partial charge in [0.25, 0.3) is 0 Å². The van der Waals surface area contributed by atoms with Gasteiger partial charge in [-0.05, 0) is 46.1 Å². The highest BCUT2D eigenvalue weighted by Crippen LogP contribution is 2.40. The van der Waals surface area contributed by atoms with Crippen molar-refractivity contribution in [1.29, 1.82) is 0 Å². The summed E-state index contributed by atoms with van der Waals surface area (Å²) in [5.41, 5.74) is 1.14.